The molecule has 5 nitrogen and oxygen atoms in total. The molecule has 0 radical (unpaired) electrons. The highest BCUT2D eigenvalue weighted by Gasteiger charge is 2.19. The van der Waals surface area contributed by atoms with Gasteiger partial charge in [-0.2, -0.15) is 0 Å². The second-order valence-electron chi connectivity index (χ2n) is 5.89. The smallest absolute Gasteiger partial charge is 0.335 e. The first-order chi connectivity index (χ1) is 10.1. The zero-order valence-electron chi connectivity index (χ0n) is 12.5. The first-order valence-electron chi connectivity index (χ1n) is 7.50. The normalized spacial score (nSPS) is 17.4. The van der Waals surface area contributed by atoms with Crippen molar-refractivity contribution in [3.8, 4) is 0 Å². The standard InChI is InChI=1S/C16H21N3O2/c1-11(10-18-7-3-4-8-18)19-12(2)17-14-9-13(16(20)21)5-6-15(14)19/h5-6,9,11H,3-4,7-8,10H2,1-2H3,(H,20,21). The minimum atomic E-state index is -0.908. The number of carboxylic acids is 1. The number of hydrogen-bond donors (Lipinski definition) is 1. The molecule has 0 aliphatic carbocycles. The number of aromatic nitrogens is 2. The Kier molecular flexibility index (Phi) is 3.68. The SMILES string of the molecule is Cc1nc2cc(C(=O)O)ccc2n1C(C)CN1CCCC1. The highest BCUT2D eigenvalue weighted by Crippen LogP contribution is 2.23. The molecule has 3 rings (SSSR count). The summed E-state index contributed by atoms with van der Waals surface area (Å²) in [5.74, 6) is 0.0356. The van der Waals surface area contributed by atoms with Gasteiger partial charge in [0.25, 0.3) is 0 Å². The molecule has 5 heteroatoms. The lowest BCUT2D eigenvalue weighted by atomic mass is 10.2. The van der Waals surface area contributed by atoms with E-state index in [1.165, 1.54) is 25.9 Å². The molecule has 1 N–H and O–H groups in total. The van der Waals surface area contributed by atoms with E-state index in [0.29, 0.717) is 11.6 Å². The molecular formula is C16H21N3O2. The molecule has 0 spiro atoms. The van der Waals surface area contributed by atoms with Crippen LogP contribution in [-0.2, 0) is 0 Å². The Hall–Kier alpha value is -1.88. The first kappa shape index (κ1) is 14.1. The van der Waals surface area contributed by atoms with Crippen LogP contribution < -0.4 is 0 Å². The number of rotatable bonds is 4. The van der Waals surface area contributed by atoms with Crippen molar-refractivity contribution in [2.24, 2.45) is 0 Å². The number of aryl methyl sites for hydroxylation is 1. The van der Waals surface area contributed by atoms with Crippen LogP contribution >= 0.6 is 0 Å². The van der Waals surface area contributed by atoms with Gasteiger partial charge < -0.3 is 14.6 Å². The van der Waals surface area contributed by atoms with Crippen LogP contribution in [-0.4, -0.2) is 45.2 Å². The molecule has 1 aromatic carbocycles. The number of aromatic carboxylic acids is 1. The summed E-state index contributed by atoms with van der Waals surface area (Å²) in [5, 5.41) is 9.08. The summed E-state index contributed by atoms with van der Waals surface area (Å²) >= 11 is 0. The van der Waals surface area contributed by atoms with E-state index in [-0.39, 0.29) is 0 Å². The van der Waals surface area contributed by atoms with Crippen molar-refractivity contribution in [3.63, 3.8) is 0 Å². The molecule has 0 saturated carbocycles. The molecule has 1 atom stereocenters. The van der Waals surface area contributed by atoms with Crippen molar-refractivity contribution in [1.82, 2.24) is 14.5 Å². The van der Waals surface area contributed by atoms with Crippen LogP contribution in [0.2, 0.25) is 0 Å². The molecule has 0 bridgehead atoms. The molecule has 0 amide bonds. The molecular weight excluding hydrogens is 266 g/mol. The van der Waals surface area contributed by atoms with Crippen LogP contribution in [0.4, 0.5) is 0 Å². The van der Waals surface area contributed by atoms with Crippen molar-refractivity contribution in [2.45, 2.75) is 32.7 Å². The summed E-state index contributed by atoms with van der Waals surface area (Å²) in [6.45, 7) is 7.57. The number of imidazole rings is 1. The monoisotopic (exact) mass is 287 g/mol. The Morgan fingerprint density at radius 2 is 2.10 bits per heavy atom. The molecule has 2 heterocycles. The van der Waals surface area contributed by atoms with Crippen LogP contribution in [0.5, 0.6) is 0 Å². The van der Waals surface area contributed by atoms with Gasteiger partial charge in [-0.15, -0.1) is 0 Å². The third kappa shape index (κ3) is 2.65. The van der Waals surface area contributed by atoms with Gasteiger partial charge in [-0.05, 0) is 58.0 Å². The number of nitrogens with zero attached hydrogens (tertiary/aromatic N) is 3. The summed E-state index contributed by atoms with van der Waals surface area (Å²) < 4.78 is 2.22. The van der Waals surface area contributed by atoms with Crippen molar-refractivity contribution >= 4 is 17.0 Å². The fourth-order valence-corrected chi connectivity index (χ4v) is 3.33. The Labute approximate surface area is 124 Å². The highest BCUT2D eigenvalue weighted by molar-refractivity contribution is 5.92. The third-order valence-corrected chi connectivity index (χ3v) is 4.27. The molecule has 1 aromatic heterocycles. The third-order valence-electron chi connectivity index (χ3n) is 4.27. The topological polar surface area (TPSA) is 58.4 Å². The van der Waals surface area contributed by atoms with Gasteiger partial charge >= 0.3 is 5.97 Å². The predicted molar refractivity (Wildman–Crippen MR) is 81.8 cm³/mol. The summed E-state index contributed by atoms with van der Waals surface area (Å²) in [7, 11) is 0. The second-order valence-corrected chi connectivity index (χ2v) is 5.89. The maximum absolute atomic E-state index is 11.1. The Bertz CT molecular complexity index is 671. The summed E-state index contributed by atoms with van der Waals surface area (Å²) in [6.07, 6.45) is 2.58. The molecule has 2 aromatic rings. The lowest BCUT2D eigenvalue weighted by Crippen LogP contribution is -2.27. The van der Waals surface area contributed by atoms with Gasteiger partial charge in [0, 0.05) is 12.6 Å². The number of carboxylic acid groups (broad SMARTS) is 1. The zero-order valence-corrected chi connectivity index (χ0v) is 12.5. The minimum absolute atomic E-state index is 0.291. The van der Waals surface area contributed by atoms with Crippen LogP contribution in [0.25, 0.3) is 11.0 Å². The summed E-state index contributed by atoms with van der Waals surface area (Å²) in [5.41, 5.74) is 2.07. The Morgan fingerprint density at radius 1 is 1.38 bits per heavy atom. The molecule has 1 saturated heterocycles. The maximum Gasteiger partial charge on any atom is 0.335 e. The van der Waals surface area contributed by atoms with E-state index < -0.39 is 5.97 Å². The molecule has 1 unspecified atom stereocenters. The average Bonchev–Trinajstić information content (AvgIpc) is 3.03. The number of hydrogen-bond acceptors (Lipinski definition) is 3. The quantitative estimate of drug-likeness (QED) is 0.939. The Morgan fingerprint density at radius 3 is 2.76 bits per heavy atom. The lowest BCUT2D eigenvalue weighted by Gasteiger charge is -2.23. The van der Waals surface area contributed by atoms with Crippen molar-refractivity contribution in [2.75, 3.05) is 19.6 Å². The molecule has 21 heavy (non-hydrogen) atoms. The minimum Gasteiger partial charge on any atom is -0.478 e. The van der Waals surface area contributed by atoms with E-state index >= 15 is 0 Å². The fraction of sp³-hybridized carbons (Fsp3) is 0.500. The lowest BCUT2D eigenvalue weighted by molar-refractivity contribution is 0.0697. The van der Waals surface area contributed by atoms with Crippen molar-refractivity contribution < 1.29 is 9.90 Å². The van der Waals surface area contributed by atoms with E-state index in [4.69, 9.17) is 5.11 Å². The van der Waals surface area contributed by atoms with E-state index in [1.807, 2.05) is 13.0 Å². The van der Waals surface area contributed by atoms with Gasteiger partial charge in [-0.1, -0.05) is 0 Å². The first-order valence-corrected chi connectivity index (χ1v) is 7.50. The van der Waals surface area contributed by atoms with Crippen LogP contribution in [0.3, 0.4) is 0 Å². The second kappa shape index (κ2) is 5.48. The Balaban J connectivity index is 1.93. The number of carbonyl (C=O) groups is 1. The van der Waals surface area contributed by atoms with Gasteiger partial charge in [-0.25, -0.2) is 9.78 Å². The molecule has 112 valence electrons. The van der Waals surface area contributed by atoms with Gasteiger partial charge in [0.05, 0.1) is 16.6 Å². The van der Waals surface area contributed by atoms with Crippen LogP contribution in [0, 0.1) is 6.92 Å². The van der Waals surface area contributed by atoms with Crippen molar-refractivity contribution in [3.05, 3.63) is 29.6 Å². The van der Waals surface area contributed by atoms with E-state index in [0.717, 1.165) is 23.4 Å². The van der Waals surface area contributed by atoms with Gasteiger partial charge in [-0.3, -0.25) is 0 Å². The van der Waals surface area contributed by atoms with Crippen LogP contribution in [0.1, 0.15) is 42.0 Å². The summed E-state index contributed by atoms with van der Waals surface area (Å²) in [6, 6.07) is 5.53. The van der Waals surface area contributed by atoms with E-state index in [1.54, 1.807) is 12.1 Å². The van der Waals surface area contributed by atoms with E-state index in [2.05, 4.69) is 21.4 Å². The molecule has 1 aliphatic heterocycles. The largest absolute Gasteiger partial charge is 0.478 e. The van der Waals surface area contributed by atoms with Crippen LogP contribution in [0.15, 0.2) is 18.2 Å². The number of fused-ring (bicyclic) bond motifs is 1. The van der Waals surface area contributed by atoms with Gasteiger partial charge in [0.1, 0.15) is 5.82 Å². The highest BCUT2D eigenvalue weighted by atomic mass is 16.4. The number of benzene rings is 1. The fourth-order valence-electron chi connectivity index (χ4n) is 3.33. The zero-order chi connectivity index (χ0) is 15.0. The molecule has 1 fully saturated rings. The van der Waals surface area contributed by atoms with E-state index in [9.17, 15) is 4.79 Å². The molecule has 1 aliphatic rings. The average molecular weight is 287 g/mol. The van der Waals surface area contributed by atoms with Gasteiger partial charge in [0.2, 0.25) is 0 Å². The predicted octanol–water partition coefficient (Wildman–Crippen LogP) is 2.70. The van der Waals surface area contributed by atoms with Crippen molar-refractivity contribution in [1.29, 1.82) is 0 Å². The van der Waals surface area contributed by atoms with Gasteiger partial charge in [0.15, 0.2) is 0 Å². The summed E-state index contributed by atoms with van der Waals surface area (Å²) in [4.78, 5) is 18.1. The number of likely N-dealkylation sites (tertiary alicyclic amines) is 1. The maximum atomic E-state index is 11.1.